The van der Waals surface area contributed by atoms with Crippen LogP contribution in [0, 0.1) is 22.7 Å². The first-order chi connectivity index (χ1) is 11.6. The fourth-order valence-electron chi connectivity index (χ4n) is 1.98. The average molecular weight is 359 g/mol. The van der Waals surface area contributed by atoms with Gasteiger partial charge in [-0.05, 0) is 29.8 Å². The van der Waals surface area contributed by atoms with E-state index in [4.69, 9.17) is 43.2 Å². The number of ether oxygens (including phenoxy) is 2. The predicted octanol–water partition coefficient (Wildman–Crippen LogP) is 5.01. The van der Waals surface area contributed by atoms with Crippen molar-refractivity contribution in [2.45, 2.75) is 6.61 Å². The molecule has 0 amide bonds. The number of nitrogens with zero attached hydrogens (tertiary/aromatic N) is 2. The first-order valence-electron chi connectivity index (χ1n) is 6.84. The van der Waals surface area contributed by atoms with Gasteiger partial charge < -0.3 is 9.47 Å². The predicted molar refractivity (Wildman–Crippen MR) is 93.0 cm³/mol. The number of rotatable bonds is 5. The zero-order chi connectivity index (χ0) is 17.5. The third kappa shape index (κ3) is 4.20. The molecule has 0 fully saturated rings. The lowest BCUT2D eigenvalue weighted by atomic mass is 10.1. The van der Waals surface area contributed by atoms with Gasteiger partial charge in [0.15, 0.2) is 11.5 Å². The molecule has 24 heavy (non-hydrogen) atoms. The molecule has 0 aliphatic rings. The lowest BCUT2D eigenvalue weighted by molar-refractivity contribution is 0.285. The minimum Gasteiger partial charge on any atom is -0.493 e. The molecule has 0 N–H and O–H groups in total. The highest BCUT2D eigenvalue weighted by atomic mass is 35.5. The summed E-state index contributed by atoms with van der Waals surface area (Å²) < 4.78 is 11.0. The van der Waals surface area contributed by atoms with Crippen LogP contribution in [0.25, 0.3) is 6.08 Å². The van der Waals surface area contributed by atoms with Gasteiger partial charge in [0.2, 0.25) is 0 Å². The largest absolute Gasteiger partial charge is 0.493 e. The summed E-state index contributed by atoms with van der Waals surface area (Å²) in [5.74, 6) is 0.766. The molecule has 0 saturated heterocycles. The van der Waals surface area contributed by atoms with E-state index in [1.165, 1.54) is 13.2 Å². The van der Waals surface area contributed by atoms with E-state index in [1.807, 2.05) is 18.2 Å². The van der Waals surface area contributed by atoms with Crippen LogP contribution in [0.1, 0.15) is 11.1 Å². The van der Waals surface area contributed by atoms with Gasteiger partial charge in [0.25, 0.3) is 0 Å². The van der Waals surface area contributed by atoms with E-state index in [0.29, 0.717) is 27.1 Å². The number of halogens is 2. The molecular formula is C18H12Cl2N2O2. The lowest BCUT2D eigenvalue weighted by Gasteiger charge is -2.14. The van der Waals surface area contributed by atoms with Crippen molar-refractivity contribution in [1.29, 1.82) is 10.5 Å². The lowest BCUT2D eigenvalue weighted by Crippen LogP contribution is -1.99. The second-order valence-electron chi connectivity index (χ2n) is 4.70. The van der Waals surface area contributed by atoms with E-state index < -0.39 is 0 Å². The number of hydrogen-bond acceptors (Lipinski definition) is 4. The molecule has 0 atom stereocenters. The van der Waals surface area contributed by atoms with Crippen LogP contribution in [-0.2, 0) is 6.61 Å². The van der Waals surface area contributed by atoms with Gasteiger partial charge in [-0.25, -0.2) is 0 Å². The summed E-state index contributed by atoms with van der Waals surface area (Å²) in [4.78, 5) is 0. The Balaban J connectivity index is 2.31. The Morgan fingerprint density at radius 1 is 1.12 bits per heavy atom. The van der Waals surface area contributed by atoms with Crippen LogP contribution >= 0.6 is 23.2 Å². The molecule has 0 radical (unpaired) electrons. The van der Waals surface area contributed by atoms with E-state index in [9.17, 15) is 0 Å². The van der Waals surface area contributed by atoms with Crippen LogP contribution in [0.4, 0.5) is 0 Å². The molecule has 2 aromatic carbocycles. The van der Waals surface area contributed by atoms with E-state index in [0.717, 1.165) is 5.56 Å². The van der Waals surface area contributed by atoms with Crippen molar-refractivity contribution in [1.82, 2.24) is 0 Å². The number of allylic oxidation sites excluding steroid dienone is 1. The summed E-state index contributed by atoms with van der Waals surface area (Å²) in [5.41, 5.74) is 1.36. The first-order valence-corrected chi connectivity index (χ1v) is 7.60. The third-order valence-electron chi connectivity index (χ3n) is 3.13. The quantitative estimate of drug-likeness (QED) is 0.704. The van der Waals surface area contributed by atoms with E-state index in [1.54, 1.807) is 30.3 Å². The van der Waals surface area contributed by atoms with Crippen molar-refractivity contribution in [3.8, 4) is 23.6 Å². The molecule has 2 aromatic rings. The van der Waals surface area contributed by atoms with E-state index >= 15 is 0 Å². The maximum atomic E-state index is 8.83. The summed E-state index contributed by atoms with van der Waals surface area (Å²) in [6, 6.07) is 14.2. The van der Waals surface area contributed by atoms with Gasteiger partial charge in [0, 0.05) is 10.6 Å². The van der Waals surface area contributed by atoms with Crippen LogP contribution in [0.3, 0.4) is 0 Å². The topological polar surface area (TPSA) is 66.0 Å². The minimum atomic E-state index is -0.0298. The van der Waals surface area contributed by atoms with Gasteiger partial charge in [0.1, 0.15) is 24.3 Å². The molecule has 0 aromatic heterocycles. The number of nitriles is 2. The minimum absolute atomic E-state index is 0.0298. The summed E-state index contributed by atoms with van der Waals surface area (Å²) in [7, 11) is 1.48. The molecule has 2 rings (SSSR count). The first kappa shape index (κ1) is 17.7. The Morgan fingerprint density at radius 2 is 1.83 bits per heavy atom. The van der Waals surface area contributed by atoms with Crippen molar-refractivity contribution in [3.63, 3.8) is 0 Å². The molecule has 0 aliphatic carbocycles. The third-order valence-corrected chi connectivity index (χ3v) is 3.78. The van der Waals surface area contributed by atoms with Gasteiger partial charge in [0.05, 0.1) is 12.1 Å². The monoisotopic (exact) mass is 358 g/mol. The molecule has 6 heteroatoms. The van der Waals surface area contributed by atoms with Crippen LogP contribution in [0.5, 0.6) is 11.5 Å². The molecule has 0 aliphatic heterocycles. The van der Waals surface area contributed by atoms with Crippen molar-refractivity contribution >= 4 is 29.3 Å². The molecule has 0 spiro atoms. The highest BCUT2D eigenvalue weighted by Crippen LogP contribution is 2.37. The summed E-state index contributed by atoms with van der Waals surface area (Å²) in [5, 5.41) is 18.6. The van der Waals surface area contributed by atoms with Gasteiger partial charge in [-0.3, -0.25) is 0 Å². The number of benzene rings is 2. The molecule has 4 nitrogen and oxygen atoms in total. The standard InChI is InChI=1S/C18H12Cl2N2O2/c1-23-17-8-12(6-13(9-21)10-22)7-16(20)18(17)24-11-14-4-2-3-5-15(14)19/h2-8H,11H2,1H3. The van der Waals surface area contributed by atoms with Gasteiger partial charge in [-0.2, -0.15) is 10.5 Å². The molecular weight excluding hydrogens is 347 g/mol. The zero-order valence-corrected chi connectivity index (χ0v) is 14.2. The van der Waals surface area contributed by atoms with Crippen molar-refractivity contribution in [3.05, 3.63) is 63.1 Å². The van der Waals surface area contributed by atoms with Crippen LogP contribution < -0.4 is 9.47 Å². The fourth-order valence-corrected chi connectivity index (χ4v) is 2.45. The normalized spacial score (nSPS) is 9.54. The maximum Gasteiger partial charge on any atom is 0.180 e. The van der Waals surface area contributed by atoms with Crippen molar-refractivity contribution in [2.24, 2.45) is 0 Å². The van der Waals surface area contributed by atoms with Gasteiger partial charge in [-0.1, -0.05) is 41.4 Å². The molecule has 0 heterocycles. The van der Waals surface area contributed by atoms with Crippen LogP contribution in [0.15, 0.2) is 42.0 Å². The maximum absolute atomic E-state index is 8.83. The van der Waals surface area contributed by atoms with Crippen LogP contribution in [0.2, 0.25) is 10.0 Å². The number of methoxy groups -OCH3 is 1. The van der Waals surface area contributed by atoms with E-state index in [-0.39, 0.29) is 12.2 Å². The smallest absolute Gasteiger partial charge is 0.180 e. The Kier molecular flexibility index (Phi) is 6.09. The zero-order valence-electron chi connectivity index (χ0n) is 12.7. The van der Waals surface area contributed by atoms with Crippen molar-refractivity contribution < 1.29 is 9.47 Å². The second-order valence-corrected chi connectivity index (χ2v) is 5.51. The Morgan fingerprint density at radius 3 is 2.46 bits per heavy atom. The Labute approximate surface area is 150 Å². The SMILES string of the molecule is COc1cc(C=C(C#N)C#N)cc(Cl)c1OCc1ccccc1Cl. The molecule has 0 bridgehead atoms. The van der Waals surface area contributed by atoms with Gasteiger partial charge >= 0.3 is 0 Å². The summed E-state index contributed by atoms with van der Waals surface area (Å²) in [6.07, 6.45) is 1.42. The fraction of sp³-hybridized carbons (Fsp3) is 0.111. The second kappa shape index (κ2) is 8.26. The average Bonchev–Trinajstić information content (AvgIpc) is 2.59. The van der Waals surface area contributed by atoms with Crippen molar-refractivity contribution in [2.75, 3.05) is 7.11 Å². The summed E-state index contributed by atoms with van der Waals surface area (Å²) >= 11 is 12.4. The summed E-state index contributed by atoms with van der Waals surface area (Å²) in [6.45, 7) is 0.229. The highest BCUT2D eigenvalue weighted by Gasteiger charge is 2.13. The molecule has 120 valence electrons. The van der Waals surface area contributed by atoms with E-state index in [2.05, 4.69) is 0 Å². The van der Waals surface area contributed by atoms with Gasteiger partial charge in [-0.15, -0.1) is 0 Å². The molecule has 0 unspecified atom stereocenters. The molecule has 0 saturated carbocycles. The Hall–Kier alpha value is -2.66. The highest BCUT2D eigenvalue weighted by molar-refractivity contribution is 6.32. The Bertz CT molecular complexity index is 848. The number of hydrogen-bond donors (Lipinski definition) is 0. The van der Waals surface area contributed by atoms with Crippen LogP contribution in [-0.4, -0.2) is 7.11 Å².